The highest BCUT2D eigenvalue weighted by atomic mass is 15.0. The molecule has 0 aromatic rings. The highest BCUT2D eigenvalue weighted by Gasteiger charge is 2.20. The molecule has 3 heteroatoms. The fraction of sp³-hybridized carbons (Fsp3) is 0.889. The third kappa shape index (κ3) is 2.80. The Bertz CT molecular complexity index is 175. The van der Waals surface area contributed by atoms with Crippen LogP contribution in [0.2, 0.25) is 0 Å². The van der Waals surface area contributed by atoms with E-state index < -0.39 is 0 Å². The fourth-order valence-corrected chi connectivity index (χ4v) is 1.27. The summed E-state index contributed by atoms with van der Waals surface area (Å²) >= 11 is 0. The SMILES string of the molecule is CC(C)(C#N)CNC1CCNC1. The third-order valence-corrected chi connectivity index (χ3v) is 2.20. The van der Waals surface area contributed by atoms with Crippen molar-refractivity contribution < 1.29 is 0 Å². The van der Waals surface area contributed by atoms with Gasteiger partial charge < -0.3 is 10.6 Å². The van der Waals surface area contributed by atoms with Crippen LogP contribution in [0.1, 0.15) is 20.3 Å². The molecule has 3 nitrogen and oxygen atoms in total. The zero-order valence-electron chi connectivity index (χ0n) is 7.85. The first-order valence-corrected chi connectivity index (χ1v) is 4.49. The van der Waals surface area contributed by atoms with E-state index in [2.05, 4.69) is 16.7 Å². The van der Waals surface area contributed by atoms with Gasteiger partial charge in [-0.1, -0.05) is 0 Å². The lowest BCUT2D eigenvalue weighted by Crippen LogP contribution is -2.37. The number of nitrogens with one attached hydrogen (secondary N) is 2. The third-order valence-electron chi connectivity index (χ3n) is 2.20. The van der Waals surface area contributed by atoms with Gasteiger partial charge in [-0.25, -0.2) is 0 Å². The Morgan fingerprint density at radius 1 is 1.67 bits per heavy atom. The van der Waals surface area contributed by atoms with Crippen molar-refractivity contribution in [2.75, 3.05) is 19.6 Å². The molecule has 0 aliphatic carbocycles. The lowest BCUT2D eigenvalue weighted by Gasteiger charge is -2.19. The van der Waals surface area contributed by atoms with Crippen molar-refractivity contribution in [2.45, 2.75) is 26.3 Å². The zero-order chi connectivity index (χ0) is 9.03. The average Bonchev–Trinajstić information content (AvgIpc) is 2.53. The summed E-state index contributed by atoms with van der Waals surface area (Å²) in [6.45, 7) is 6.85. The van der Waals surface area contributed by atoms with Gasteiger partial charge in [0.1, 0.15) is 0 Å². The van der Waals surface area contributed by atoms with E-state index in [1.54, 1.807) is 0 Å². The summed E-state index contributed by atoms with van der Waals surface area (Å²) in [7, 11) is 0. The quantitative estimate of drug-likeness (QED) is 0.643. The lowest BCUT2D eigenvalue weighted by molar-refractivity contribution is 0.409. The molecule has 1 aliphatic heterocycles. The Hall–Kier alpha value is -0.590. The minimum Gasteiger partial charge on any atom is -0.315 e. The van der Waals surface area contributed by atoms with Crippen LogP contribution < -0.4 is 10.6 Å². The number of nitrogens with zero attached hydrogens (tertiary/aromatic N) is 1. The smallest absolute Gasteiger partial charge is 0.0697 e. The summed E-state index contributed by atoms with van der Waals surface area (Å²) in [6, 6.07) is 2.85. The molecule has 0 bridgehead atoms. The summed E-state index contributed by atoms with van der Waals surface area (Å²) in [4.78, 5) is 0. The number of rotatable bonds is 3. The van der Waals surface area contributed by atoms with Crippen molar-refractivity contribution in [1.82, 2.24) is 10.6 Å². The summed E-state index contributed by atoms with van der Waals surface area (Å²) < 4.78 is 0. The van der Waals surface area contributed by atoms with E-state index in [-0.39, 0.29) is 5.41 Å². The molecule has 0 amide bonds. The molecule has 1 fully saturated rings. The second-order valence-corrected chi connectivity index (χ2v) is 4.07. The van der Waals surface area contributed by atoms with Crippen LogP contribution in [0.5, 0.6) is 0 Å². The van der Waals surface area contributed by atoms with Crippen molar-refractivity contribution in [3.05, 3.63) is 0 Å². The second kappa shape index (κ2) is 3.88. The maximum Gasteiger partial charge on any atom is 0.0697 e. The Balaban J connectivity index is 2.21. The fourth-order valence-electron chi connectivity index (χ4n) is 1.27. The molecule has 0 aromatic heterocycles. The van der Waals surface area contributed by atoms with E-state index in [0.717, 1.165) is 19.6 Å². The van der Waals surface area contributed by atoms with Crippen molar-refractivity contribution in [2.24, 2.45) is 5.41 Å². The van der Waals surface area contributed by atoms with Gasteiger partial charge >= 0.3 is 0 Å². The molecule has 0 radical (unpaired) electrons. The van der Waals surface area contributed by atoms with E-state index >= 15 is 0 Å². The molecule has 1 unspecified atom stereocenters. The van der Waals surface area contributed by atoms with Gasteiger partial charge in [-0.3, -0.25) is 0 Å². The predicted octanol–water partition coefficient (Wildman–Crippen LogP) is 0.488. The van der Waals surface area contributed by atoms with Gasteiger partial charge in [0.15, 0.2) is 0 Å². The summed E-state index contributed by atoms with van der Waals surface area (Å²) in [6.07, 6.45) is 1.18. The van der Waals surface area contributed by atoms with E-state index in [1.165, 1.54) is 6.42 Å². The van der Waals surface area contributed by atoms with Gasteiger partial charge in [0, 0.05) is 19.1 Å². The maximum atomic E-state index is 8.76. The van der Waals surface area contributed by atoms with Gasteiger partial charge in [0.05, 0.1) is 11.5 Å². The Morgan fingerprint density at radius 2 is 2.42 bits per heavy atom. The van der Waals surface area contributed by atoms with Crippen LogP contribution in [0.25, 0.3) is 0 Å². The summed E-state index contributed by atoms with van der Waals surface area (Å²) in [5, 5.41) is 15.4. The van der Waals surface area contributed by atoms with Gasteiger partial charge in [-0.15, -0.1) is 0 Å². The monoisotopic (exact) mass is 167 g/mol. The number of hydrogen-bond donors (Lipinski definition) is 2. The molecule has 1 rings (SSSR count). The first-order valence-electron chi connectivity index (χ1n) is 4.49. The lowest BCUT2D eigenvalue weighted by atomic mass is 9.95. The van der Waals surface area contributed by atoms with Crippen molar-refractivity contribution >= 4 is 0 Å². The standard InChI is InChI=1S/C9H17N3/c1-9(2,6-10)7-12-8-3-4-11-5-8/h8,11-12H,3-5,7H2,1-2H3. The molecule has 12 heavy (non-hydrogen) atoms. The summed E-state index contributed by atoms with van der Waals surface area (Å²) in [5.74, 6) is 0. The van der Waals surface area contributed by atoms with Crippen LogP contribution in [-0.2, 0) is 0 Å². The van der Waals surface area contributed by atoms with E-state index in [0.29, 0.717) is 6.04 Å². The van der Waals surface area contributed by atoms with Crippen LogP contribution >= 0.6 is 0 Å². The zero-order valence-corrected chi connectivity index (χ0v) is 7.85. The predicted molar refractivity (Wildman–Crippen MR) is 48.7 cm³/mol. The number of hydrogen-bond acceptors (Lipinski definition) is 3. The minimum absolute atomic E-state index is 0.234. The first-order chi connectivity index (χ1) is 5.64. The molecular formula is C9H17N3. The Morgan fingerprint density at radius 3 is 2.92 bits per heavy atom. The average molecular weight is 167 g/mol. The molecule has 1 aliphatic rings. The topological polar surface area (TPSA) is 47.9 Å². The minimum atomic E-state index is -0.234. The molecule has 2 N–H and O–H groups in total. The highest BCUT2D eigenvalue weighted by molar-refractivity contribution is 4.94. The largest absolute Gasteiger partial charge is 0.315 e. The first kappa shape index (κ1) is 9.50. The Labute approximate surface area is 74.1 Å². The maximum absolute atomic E-state index is 8.76. The molecule has 68 valence electrons. The number of nitriles is 1. The molecule has 0 saturated carbocycles. The molecule has 1 atom stereocenters. The van der Waals surface area contributed by atoms with Gasteiger partial charge in [-0.2, -0.15) is 5.26 Å². The van der Waals surface area contributed by atoms with Crippen molar-refractivity contribution in [3.8, 4) is 6.07 Å². The van der Waals surface area contributed by atoms with E-state index in [1.807, 2.05) is 13.8 Å². The van der Waals surface area contributed by atoms with Crippen LogP contribution in [0.3, 0.4) is 0 Å². The molecule has 0 spiro atoms. The molecular weight excluding hydrogens is 150 g/mol. The van der Waals surface area contributed by atoms with Gasteiger partial charge in [0.25, 0.3) is 0 Å². The molecule has 1 saturated heterocycles. The van der Waals surface area contributed by atoms with Crippen LogP contribution in [0.15, 0.2) is 0 Å². The molecule has 0 aromatic carbocycles. The Kier molecular flexibility index (Phi) is 3.07. The summed E-state index contributed by atoms with van der Waals surface area (Å²) in [5.41, 5.74) is -0.234. The normalized spacial score (nSPS) is 23.9. The highest BCUT2D eigenvalue weighted by Crippen LogP contribution is 2.11. The van der Waals surface area contributed by atoms with Gasteiger partial charge in [0.2, 0.25) is 0 Å². The van der Waals surface area contributed by atoms with E-state index in [9.17, 15) is 0 Å². The van der Waals surface area contributed by atoms with Crippen LogP contribution in [0, 0.1) is 16.7 Å². The van der Waals surface area contributed by atoms with Crippen molar-refractivity contribution in [1.29, 1.82) is 5.26 Å². The van der Waals surface area contributed by atoms with Crippen LogP contribution in [-0.4, -0.2) is 25.7 Å². The molecule has 1 heterocycles. The van der Waals surface area contributed by atoms with E-state index in [4.69, 9.17) is 5.26 Å². The second-order valence-electron chi connectivity index (χ2n) is 4.07. The van der Waals surface area contributed by atoms with Crippen LogP contribution in [0.4, 0.5) is 0 Å². The van der Waals surface area contributed by atoms with Crippen molar-refractivity contribution in [3.63, 3.8) is 0 Å². The van der Waals surface area contributed by atoms with Gasteiger partial charge in [-0.05, 0) is 26.8 Å².